The number of thiazole rings is 1. The number of nitrogens with two attached hydrogens (primary N) is 1. The molecule has 1 heterocycles. The van der Waals surface area contributed by atoms with Crippen LogP contribution in [0.4, 0.5) is 4.39 Å². The Hall–Kier alpha value is -1.59. The number of aromatic nitrogens is 1. The monoisotopic (exact) mass is 250 g/mol. The zero-order valence-corrected chi connectivity index (χ0v) is 10.00. The topological polar surface area (TPSA) is 56.0 Å². The van der Waals surface area contributed by atoms with Gasteiger partial charge < -0.3 is 5.73 Å². The van der Waals surface area contributed by atoms with Gasteiger partial charge in [0.2, 0.25) is 5.78 Å². The number of halogens is 1. The molecule has 2 rings (SSSR count). The zero-order valence-electron chi connectivity index (χ0n) is 9.18. The van der Waals surface area contributed by atoms with Crippen LogP contribution in [0.5, 0.6) is 0 Å². The molecule has 0 aliphatic heterocycles. The van der Waals surface area contributed by atoms with Crippen LogP contribution in [0.15, 0.2) is 29.6 Å². The second-order valence-corrected chi connectivity index (χ2v) is 4.59. The number of ketones is 1. The first-order valence-electron chi connectivity index (χ1n) is 5.09. The van der Waals surface area contributed by atoms with E-state index in [0.29, 0.717) is 16.3 Å². The predicted octanol–water partition coefficient (Wildman–Crippen LogP) is 2.53. The third-order valence-corrected chi connectivity index (χ3v) is 3.28. The molecule has 88 valence electrons. The average Bonchev–Trinajstić information content (AvgIpc) is 2.77. The van der Waals surface area contributed by atoms with Crippen LogP contribution in [0.25, 0.3) is 0 Å². The number of nitrogens with zero attached hydrogens (tertiary/aromatic N) is 1. The molecule has 0 amide bonds. The molecule has 2 N–H and O–H groups in total. The summed E-state index contributed by atoms with van der Waals surface area (Å²) in [5, 5.41) is 2.34. The van der Waals surface area contributed by atoms with Gasteiger partial charge in [0.15, 0.2) is 0 Å². The number of hydrogen-bond acceptors (Lipinski definition) is 4. The van der Waals surface area contributed by atoms with Gasteiger partial charge in [-0.3, -0.25) is 4.79 Å². The fourth-order valence-electron chi connectivity index (χ4n) is 1.38. The van der Waals surface area contributed by atoms with Crippen LogP contribution in [0.2, 0.25) is 0 Å². The second kappa shape index (κ2) is 4.73. The van der Waals surface area contributed by atoms with E-state index in [4.69, 9.17) is 5.73 Å². The molecular weight excluding hydrogens is 239 g/mol. The van der Waals surface area contributed by atoms with E-state index >= 15 is 0 Å². The number of hydrogen-bond donors (Lipinski definition) is 1. The lowest BCUT2D eigenvalue weighted by Gasteiger charge is -1.98. The van der Waals surface area contributed by atoms with E-state index in [1.807, 2.05) is 0 Å². The smallest absolute Gasteiger partial charge is 0.212 e. The minimum Gasteiger partial charge on any atom is -0.322 e. The molecule has 0 aliphatic carbocycles. The maximum absolute atomic E-state index is 13.0. The summed E-state index contributed by atoms with van der Waals surface area (Å²) in [4.78, 5) is 16.1. The lowest BCUT2D eigenvalue weighted by atomic mass is 10.1. The molecule has 0 aliphatic rings. The second-order valence-electron chi connectivity index (χ2n) is 3.70. The number of carbonyl (C=O) groups is 1. The molecule has 5 heteroatoms. The molecule has 0 saturated heterocycles. The Kier molecular flexibility index (Phi) is 3.31. The summed E-state index contributed by atoms with van der Waals surface area (Å²) in [5.74, 6) is -0.717. The minimum atomic E-state index is -0.432. The molecule has 3 nitrogen and oxygen atoms in total. The van der Waals surface area contributed by atoms with Crippen molar-refractivity contribution in [2.45, 2.75) is 13.0 Å². The van der Waals surface area contributed by atoms with E-state index in [2.05, 4.69) is 4.98 Å². The molecule has 17 heavy (non-hydrogen) atoms. The van der Waals surface area contributed by atoms with Gasteiger partial charge in [-0.05, 0) is 19.1 Å². The van der Waals surface area contributed by atoms with Crippen molar-refractivity contribution in [2.24, 2.45) is 5.73 Å². The fraction of sp³-hybridized carbons (Fsp3) is 0.167. The van der Waals surface area contributed by atoms with Crippen molar-refractivity contribution < 1.29 is 9.18 Å². The maximum atomic E-state index is 13.0. The van der Waals surface area contributed by atoms with Gasteiger partial charge in [-0.25, -0.2) is 9.37 Å². The molecule has 0 saturated carbocycles. The summed E-state index contributed by atoms with van der Waals surface area (Å²) in [6.07, 6.45) is 0. The highest BCUT2D eigenvalue weighted by Gasteiger charge is 2.14. The molecule has 0 radical (unpaired) electrons. The van der Waals surface area contributed by atoms with Gasteiger partial charge >= 0.3 is 0 Å². The van der Waals surface area contributed by atoms with Crippen LogP contribution in [0.1, 0.15) is 34.0 Å². The lowest BCUT2D eigenvalue weighted by molar-refractivity contribution is 0.103. The molecule has 2 aromatic rings. The van der Waals surface area contributed by atoms with E-state index in [-0.39, 0.29) is 11.8 Å². The van der Waals surface area contributed by atoms with Crippen LogP contribution in [-0.2, 0) is 0 Å². The molecule has 0 bridgehead atoms. The van der Waals surface area contributed by atoms with Crippen molar-refractivity contribution in [2.75, 3.05) is 0 Å². The van der Waals surface area contributed by atoms with E-state index in [1.165, 1.54) is 29.5 Å². The summed E-state index contributed by atoms with van der Waals surface area (Å²) in [6, 6.07) is 5.37. The van der Waals surface area contributed by atoms with Crippen LogP contribution in [0, 0.1) is 5.82 Å². The van der Waals surface area contributed by atoms with Gasteiger partial charge in [0.05, 0.1) is 6.04 Å². The molecular formula is C12H11FN2OS. The van der Waals surface area contributed by atoms with E-state index in [1.54, 1.807) is 18.4 Å². The summed E-state index contributed by atoms with van der Waals surface area (Å²) in [7, 11) is 0. The van der Waals surface area contributed by atoms with Crippen molar-refractivity contribution in [3.8, 4) is 0 Å². The average molecular weight is 250 g/mol. The van der Waals surface area contributed by atoms with Crippen LogP contribution >= 0.6 is 11.3 Å². The highest BCUT2D eigenvalue weighted by atomic mass is 32.1. The Morgan fingerprint density at radius 3 is 2.88 bits per heavy atom. The maximum Gasteiger partial charge on any atom is 0.212 e. The Balaban J connectivity index is 2.30. The number of rotatable bonds is 3. The summed E-state index contributed by atoms with van der Waals surface area (Å²) in [6.45, 7) is 1.80. The highest BCUT2D eigenvalue weighted by molar-refractivity contribution is 7.09. The first kappa shape index (κ1) is 11.9. The van der Waals surface area contributed by atoms with Gasteiger partial charge in [0, 0.05) is 10.9 Å². The Morgan fingerprint density at radius 1 is 1.53 bits per heavy atom. The third kappa shape index (κ3) is 2.57. The van der Waals surface area contributed by atoms with Gasteiger partial charge in [-0.1, -0.05) is 12.1 Å². The zero-order chi connectivity index (χ0) is 12.4. The standard InChI is InChI=1S/C12H11FN2OS/c1-7(14)12-15-10(6-17-12)11(16)8-3-2-4-9(13)5-8/h2-7H,14H2,1H3. The summed E-state index contributed by atoms with van der Waals surface area (Å²) >= 11 is 1.33. The molecule has 0 spiro atoms. The van der Waals surface area contributed by atoms with Crippen LogP contribution in [0.3, 0.4) is 0 Å². The fourth-order valence-corrected chi connectivity index (χ4v) is 2.14. The SMILES string of the molecule is CC(N)c1nc(C(=O)c2cccc(F)c2)cs1. The highest BCUT2D eigenvalue weighted by Crippen LogP contribution is 2.18. The molecule has 0 fully saturated rings. The molecule has 1 unspecified atom stereocenters. The number of carbonyl (C=O) groups excluding carboxylic acids is 1. The molecule has 1 aromatic carbocycles. The summed E-state index contributed by atoms with van der Waals surface area (Å²) < 4.78 is 13.0. The van der Waals surface area contributed by atoms with E-state index < -0.39 is 5.82 Å². The Bertz CT molecular complexity index is 551. The normalized spacial score (nSPS) is 12.4. The van der Waals surface area contributed by atoms with E-state index in [0.717, 1.165) is 0 Å². The van der Waals surface area contributed by atoms with Gasteiger partial charge in [0.25, 0.3) is 0 Å². The first-order valence-corrected chi connectivity index (χ1v) is 5.97. The molecule has 1 aromatic heterocycles. The van der Waals surface area contributed by atoms with Crippen molar-refractivity contribution >= 4 is 17.1 Å². The van der Waals surface area contributed by atoms with E-state index in [9.17, 15) is 9.18 Å². The van der Waals surface area contributed by atoms with Crippen molar-refractivity contribution in [1.29, 1.82) is 0 Å². The van der Waals surface area contributed by atoms with Gasteiger partial charge in [0.1, 0.15) is 16.5 Å². The molecule has 1 atom stereocenters. The van der Waals surface area contributed by atoms with Crippen LogP contribution in [-0.4, -0.2) is 10.8 Å². The van der Waals surface area contributed by atoms with Crippen LogP contribution < -0.4 is 5.73 Å². The van der Waals surface area contributed by atoms with Crippen molar-refractivity contribution in [3.63, 3.8) is 0 Å². The quantitative estimate of drug-likeness (QED) is 0.852. The van der Waals surface area contributed by atoms with Crippen molar-refractivity contribution in [1.82, 2.24) is 4.98 Å². The summed E-state index contributed by atoms with van der Waals surface area (Å²) in [5.41, 5.74) is 6.28. The van der Waals surface area contributed by atoms with Gasteiger partial charge in [-0.2, -0.15) is 0 Å². The predicted molar refractivity (Wildman–Crippen MR) is 64.5 cm³/mol. The lowest BCUT2D eigenvalue weighted by Crippen LogP contribution is -2.06. The largest absolute Gasteiger partial charge is 0.322 e. The van der Waals surface area contributed by atoms with Crippen molar-refractivity contribution in [3.05, 3.63) is 51.7 Å². The Morgan fingerprint density at radius 2 is 2.29 bits per heavy atom. The Labute approximate surface area is 102 Å². The third-order valence-electron chi connectivity index (χ3n) is 2.23. The van der Waals surface area contributed by atoms with Gasteiger partial charge in [-0.15, -0.1) is 11.3 Å². The first-order chi connectivity index (χ1) is 8.08. The minimum absolute atomic E-state index is 0.200. The number of benzene rings is 1.